The average Bonchev–Trinajstić information content (AvgIpc) is 3.34. The summed E-state index contributed by atoms with van der Waals surface area (Å²) in [5, 5.41) is 0.412. The van der Waals surface area contributed by atoms with Crippen LogP contribution in [0.3, 0.4) is 0 Å². The zero-order chi connectivity index (χ0) is 26.3. The summed E-state index contributed by atoms with van der Waals surface area (Å²) < 4.78 is 7.11. The second kappa shape index (κ2) is 10.1. The number of para-hydroxylation sites is 1. The van der Waals surface area contributed by atoms with E-state index in [1.807, 2.05) is 24.3 Å². The minimum absolute atomic E-state index is 0.179. The van der Waals surface area contributed by atoms with Crippen LogP contribution in [0.2, 0.25) is 5.02 Å². The molecular formula is C28H26ClN3O4S. The number of carbonyl (C=O) groups is 2. The fourth-order valence-electron chi connectivity index (χ4n) is 4.87. The largest absolute Gasteiger partial charge is 0.463 e. The van der Waals surface area contributed by atoms with Gasteiger partial charge in [-0.05, 0) is 38.0 Å². The summed E-state index contributed by atoms with van der Waals surface area (Å²) in [6.45, 7) is 6.27. The highest BCUT2D eigenvalue weighted by atomic mass is 35.5. The quantitative estimate of drug-likeness (QED) is 0.447. The van der Waals surface area contributed by atoms with E-state index in [4.69, 9.17) is 16.3 Å². The lowest BCUT2D eigenvalue weighted by atomic mass is 9.96. The molecule has 0 saturated carbocycles. The molecule has 0 fully saturated rings. The van der Waals surface area contributed by atoms with Crippen LogP contribution in [0, 0.1) is 0 Å². The van der Waals surface area contributed by atoms with Crippen molar-refractivity contribution >= 4 is 46.1 Å². The molecular weight excluding hydrogens is 510 g/mol. The molecule has 1 amide bonds. The molecule has 0 N–H and O–H groups in total. The van der Waals surface area contributed by atoms with Crippen molar-refractivity contribution in [2.45, 2.75) is 39.7 Å². The van der Waals surface area contributed by atoms with Gasteiger partial charge in [0.25, 0.3) is 11.5 Å². The lowest BCUT2D eigenvalue weighted by molar-refractivity contribution is -0.139. The van der Waals surface area contributed by atoms with Crippen LogP contribution >= 0.6 is 22.9 Å². The summed E-state index contributed by atoms with van der Waals surface area (Å²) in [6, 6.07) is 13.8. The maximum atomic E-state index is 14.1. The van der Waals surface area contributed by atoms with E-state index in [9.17, 15) is 14.4 Å². The van der Waals surface area contributed by atoms with Gasteiger partial charge in [0.2, 0.25) is 0 Å². The van der Waals surface area contributed by atoms with E-state index in [2.05, 4.69) is 11.9 Å². The molecule has 1 unspecified atom stereocenters. The topological polar surface area (TPSA) is 81.0 Å². The summed E-state index contributed by atoms with van der Waals surface area (Å²) in [6.07, 6.45) is 1.79. The van der Waals surface area contributed by atoms with Crippen LogP contribution in [-0.2, 0) is 14.3 Å². The van der Waals surface area contributed by atoms with Crippen molar-refractivity contribution in [2.24, 2.45) is 4.99 Å². The van der Waals surface area contributed by atoms with Crippen LogP contribution in [0.5, 0.6) is 0 Å². The van der Waals surface area contributed by atoms with Gasteiger partial charge in [0.1, 0.15) is 10.6 Å². The Morgan fingerprint density at radius 2 is 1.84 bits per heavy atom. The van der Waals surface area contributed by atoms with Crippen molar-refractivity contribution in [3.63, 3.8) is 0 Å². The first-order valence-corrected chi connectivity index (χ1v) is 13.5. The van der Waals surface area contributed by atoms with Crippen molar-refractivity contribution in [1.82, 2.24) is 4.57 Å². The zero-order valence-corrected chi connectivity index (χ0v) is 22.4. The number of esters is 1. The molecule has 9 heteroatoms. The molecule has 2 aliphatic heterocycles. The normalized spacial score (nSPS) is 18.0. The highest BCUT2D eigenvalue weighted by Crippen LogP contribution is 2.36. The molecule has 37 heavy (non-hydrogen) atoms. The monoisotopic (exact) mass is 535 g/mol. The van der Waals surface area contributed by atoms with E-state index in [1.54, 1.807) is 43.0 Å². The minimum Gasteiger partial charge on any atom is -0.463 e. The first-order chi connectivity index (χ1) is 17.9. The SMILES string of the molecule is CCCCN1C(=O)/C(=c2\sc3n(c2=O)C(c2ccccc2Cl)C(C(=O)OCC)=C(C)N=3)c2ccccc21. The minimum atomic E-state index is -0.832. The van der Waals surface area contributed by atoms with E-state index >= 15 is 0 Å². The molecule has 0 saturated heterocycles. The number of carbonyl (C=O) groups excluding carboxylic acids is 2. The number of aromatic nitrogens is 1. The summed E-state index contributed by atoms with van der Waals surface area (Å²) in [5.41, 5.74) is 2.79. The summed E-state index contributed by atoms with van der Waals surface area (Å²) in [7, 11) is 0. The van der Waals surface area contributed by atoms with Gasteiger partial charge in [-0.15, -0.1) is 0 Å². The number of benzene rings is 2. The number of halogens is 1. The second-order valence-electron chi connectivity index (χ2n) is 8.85. The third-order valence-electron chi connectivity index (χ3n) is 6.58. The highest BCUT2D eigenvalue weighted by Gasteiger charge is 2.37. The van der Waals surface area contributed by atoms with Gasteiger partial charge in [-0.1, -0.05) is 72.7 Å². The van der Waals surface area contributed by atoms with E-state index < -0.39 is 17.6 Å². The number of hydrogen-bond donors (Lipinski definition) is 0. The number of ether oxygens (including phenoxy) is 1. The van der Waals surface area contributed by atoms with Gasteiger partial charge in [-0.3, -0.25) is 14.2 Å². The molecule has 190 valence electrons. The van der Waals surface area contributed by atoms with Gasteiger partial charge < -0.3 is 9.64 Å². The van der Waals surface area contributed by atoms with Crippen molar-refractivity contribution in [3.05, 3.63) is 95.6 Å². The van der Waals surface area contributed by atoms with E-state index in [0.717, 1.165) is 35.4 Å². The predicted octanol–water partition coefficient (Wildman–Crippen LogP) is 3.97. The third-order valence-corrected chi connectivity index (χ3v) is 7.98. The highest BCUT2D eigenvalue weighted by molar-refractivity contribution is 7.07. The van der Waals surface area contributed by atoms with Gasteiger partial charge in [0, 0.05) is 17.1 Å². The van der Waals surface area contributed by atoms with Crippen molar-refractivity contribution in [3.8, 4) is 0 Å². The molecule has 0 aliphatic carbocycles. The van der Waals surface area contributed by atoms with Gasteiger partial charge in [0.05, 0.1) is 29.1 Å². The number of fused-ring (bicyclic) bond motifs is 2. The van der Waals surface area contributed by atoms with Gasteiger partial charge in [-0.25, -0.2) is 9.79 Å². The van der Waals surface area contributed by atoms with E-state index in [-0.39, 0.29) is 18.1 Å². The number of hydrogen-bond acceptors (Lipinski definition) is 6. The standard InChI is InChI=1S/C28H26ClN3O4S/c1-4-6-15-31-20-14-10-8-12-18(20)22(25(31)33)24-26(34)32-23(17-11-7-9-13-19(17)29)21(27(35)36-5-2)16(3)30-28(32)37-24/h7-14,23H,4-6,15H2,1-3H3/b24-22-. The molecule has 0 bridgehead atoms. The van der Waals surface area contributed by atoms with E-state index in [0.29, 0.717) is 37.7 Å². The first-order valence-electron chi connectivity index (χ1n) is 12.3. The number of unbranched alkanes of at least 4 members (excludes halogenated alkanes) is 1. The number of thiazole rings is 1. The molecule has 1 aromatic heterocycles. The molecule has 3 aromatic rings. The lowest BCUT2D eigenvalue weighted by Crippen LogP contribution is -2.41. The predicted molar refractivity (Wildman–Crippen MR) is 144 cm³/mol. The van der Waals surface area contributed by atoms with Crippen molar-refractivity contribution in [2.75, 3.05) is 18.1 Å². The number of rotatable bonds is 6. The maximum absolute atomic E-state index is 14.1. The van der Waals surface area contributed by atoms with Crippen molar-refractivity contribution in [1.29, 1.82) is 0 Å². The Hall–Kier alpha value is -3.49. The molecule has 0 spiro atoms. The molecule has 3 heterocycles. The Kier molecular flexibility index (Phi) is 6.88. The fourth-order valence-corrected chi connectivity index (χ4v) is 6.25. The van der Waals surface area contributed by atoms with Crippen LogP contribution in [0.25, 0.3) is 5.57 Å². The molecule has 1 atom stereocenters. The second-order valence-corrected chi connectivity index (χ2v) is 10.2. The Morgan fingerprint density at radius 1 is 1.11 bits per heavy atom. The Balaban J connectivity index is 1.80. The van der Waals surface area contributed by atoms with Crippen LogP contribution in [0.4, 0.5) is 5.69 Å². The Bertz CT molecular complexity index is 1640. The van der Waals surface area contributed by atoms with Gasteiger partial charge in [0.15, 0.2) is 4.80 Å². The number of amides is 1. The number of nitrogens with zero attached hydrogens (tertiary/aromatic N) is 3. The smallest absolute Gasteiger partial charge is 0.338 e. The molecule has 5 rings (SSSR count). The summed E-state index contributed by atoms with van der Waals surface area (Å²) in [5.74, 6) is -0.754. The summed E-state index contributed by atoms with van der Waals surface area (Å²) >= 11 is 7.74. The Labute approximate surface area is 223 Å². The summed E-state index contributed by atoms with van der Waals surface area (Å²) in [4.78, 5) is 47.6. The molecule has 2 aromatic carbocycles. The average molecular weight is 536 g/mol. The van der Waals surface area contributed by atoms with E-state index in [1.165, 1.54) is 4.57 Å². The van der Waals surface area contributed by atoms with Crippen molar-refractivity contribution < 1.29 is 14.3 Å². The van der Waals surface area contributed by atoms with Crippen LogP contribution in [0.1, 0.15) is 50.8 Å². The first kappa shape index (κ1) is 25.2. The molecule has 0 radical (unpaired) electrons. The zero-order valence-electron chi connectivity index (χ0n) is 20.8. The Morgan fingerprint density at radius 3 is 2.57 bits per heavy atom. The van der Waals surface area contributed by atoms with Gasteiger partial charge >= 0.3 is 5.97 Å². The molecule has 2 aliphatic rings. The van der Waals surface area contributed by atoms with Gasteiger partial charge in [-0.2, -0.15) is 0 Å². The van der Waals surface area contributed by atoms with Crippen LogP contribution in [0.15, 0.2) is 69.6 Å². The third kappa shape index (κ3) is 4.14. The maximum Gasteiger partial charge on any atom is 0.338 e. The fraction of sp³-hybridized carbons (Fsp3) is 0.286. The molecule has 7 nitrogen and oxygen atoms in total. The van der Waals surface area contributed by atoms with Crippen LogP contribution < -0.4 is 19.8 Å². The number of anilines is 1. The number of allylic oxidation sites excluding steroid dienone is 1. The lowest BCUT2D eigenvalue weighted by Gasteiger charge is -2.25. The van der Waals surface area contributed by atoms with Crippen LogP contribution in [-0.4, -0.2) is 29.6 Å².